The number of carbonyl (C=O) groups excluding carboxylic acids is 1. The smallest absolute Gasteiger partial charge is 0.198 e. The SMILES string of the molecule is Cc1ccccc1C(=O)C(=CN(C)C)c1nnnn1-c1ccc(Cl)cc1. The Morgan fingerprint density at radius 3 is 2.46 bits per heavy atom. The molecule has 6 nitrogen and oxygen atoms in total. The van der Waals surface area contributed by atoms with Crippen molar-refractivity contribution < 1.29 is 4.79 Å². The molecule has 0 amide bonds. The number of nitrogens with zero attached hydrogens (tertiary/aromatic N) is 5. The van der Waals surface area contributed by atoms with Gasteiger partial charge in [-0.25, -0.2) is 0 Å². The first kappa shape index (κ1) is 17.8. The van der Waals surface area contributed by atoms with Gasteiger partial charge in [0, 0.05) is 30.9 Å². The van der Waals surface area contributed by atoms with Crippen LogP contribution in [-0.2, 0) is 0 Å². The molecule has 132 valence electrons. The highest BCUT2D eigenvalue weighted by atomic mass is 35.5. The first-order valence-corrected chi connectivity index (χ1v) is 8.38. The van der Waals surface area contributed by atoms with Crippen molar-refractivity contribution in [2.75, 3.05) is 14.1 Å². The number of benzene rings is 2. The molecule has 0 spiro atoms. The topological polar surface area (TPSA) is 63.9 Å². The van der Waals surface area contributed by atoms with Crippen LogP contribution < -0.4 is 0 Å². The first-order valence-electron chi connectivity index (χ1n) is 8.00. The molecule has 0 aliphatic rings. The van der Waals surface area contributed by atoms with Crippen LogP contribution in [0.15, 0.2) is 54.7 Å². The number of carbonyl (C=O) groups is 1. The highest BCUT2D eigenvalue weighted by Crippen LogP contribution is 2.23. The van der Waals surface area contributed by atoms with E-state index in [1.54, 1.807) is 41.4 Å². The van der Waals surface area contributed by atoms with E-state index in [1.165, 1.54) is 4.68 Å². The van der Waals surface area contributed by atoms with Gasteiger partial charge in [-0.15, -0.1) is 5.10 Å². The molecule has 0 fully saturated rings. The molecule has 2 aromatic carbocycles. The van der Waals surface area contributed by atoms with E-state index in [9.17, 15) is 4.79 Å². The lowest BCUT2D eigenvalue weighted by atomic mass is 9.99. The fraction of sp³-hybridized carbons (Fsp3) is 0.158. The molecular weight excluding hydrogens is 350 g/mol. The number of halogens is 1. The molecule has 3 rings (SSSR count). The lowest BCUT2D eigenvalue weighted by Crippen LogP contribution is -2.14. The van der Waals surface area contributed by atoms with Crippen LogP contribution in [-0.4, -0.2) is 45.0 Å². The van der Waals surface area contributed by atoms with Crippen LogP contribution in [0.3, 0.4) is 0 Å². The Balaban J connectivity index is 2.11. The van der Waals surface area contributed by atoms with Crippen molar-refractivity contribution in [2.45, 2.75) is 6.92 Å². The van der Waals surface area contributed by atoms with Crippen molar-refractivity contribution in [3.63, 3.8) is 0 Å². The average molecular weight is 368 g/mol. The first-order chi connectivity index (χ1) is 12.5. The maximum absolute atomic E-state index is 13.2. The van der Waals surface area contributed by atoms with Gasteiger partial charge in [0.1, 0.15) is 0 Å². The van der Waals surface area contributed by atoms with Gasteiger partial charge in [-0.1, -0.05) is 35.9 Å². The predicted octanol–water partition coefficient (Wildman–Crippen LogP) is 3.41. The molecule has 1 heterocycles. The molecule has 0 saturated carbocycles. The van der Waals surface area contributed by atoms with Crippen LogP contribution in [0, 0.1) is 6.92 Å². The number of hydrogen-bond acceptors (Lipinski definition) is 5. The molecule has 3 aromatic rings. The summed E-state index contributed by atoms with van der Waals surface area (Å²) < 4.78 is 1.53. The van der Waals surface area contributed by atoms with Gasteiger partial charge in [0.2, 0.25) is 0 Å². The summed E-state index contributed by atoms with van der Waals surface area (Å²) in [6.07, 6.45) is 1.73. The van der Waals surface area contributed by atoms with Crippen LogP contribution in [0.4, 0.5) is 0 Å². The monoisotopic (exact) mass is 367 g/mol. The van der Waals surface area contributed by atoms with Gasteiger partial charge in [-0.2, -0.15) is 4.68 Å². The molecule has 0 aliphatic heterocycles. The lowest BCUT2D eigenvalue weighted by Gasteiger charge is -2.13. The van der Waals surface area contributed by atoms with Gasteiger partial charge < -0.3 is 4.90 Å². The molecule has 0 unspecified atom stereocenters. The second-order valence-electron chi connectivity index (χ2n) is 6.04. The second kappa shape index (κ2) is 7.49. The molecule has 7 heteroatoms. The molecule has 0 radical (unpaired) electrons. The highest BCUT2D eigenvalue weighted by Gasteiger charge is 2.23. The molecule has 0 atom stereocenters. The van der Waals surface area contributed by atoms with Gasteiger partial charge in [-0.3, -0.25) is 4.79 Å². The molecule has 1 aromatic heterocycles. The van der Waals surface area contributed by atoms with Gasteiger partial charge in [0.25, 0.3) is 0 Å². The van der Waals surface area contributed by atoms with Crippen molar-refractivity contribution in [1.29, 1.82) is 0 Å². The van der Waals surface area contributed by atoms with Gasteiger partial charge >= 0.3 is 0 Å². The summed E-state index contributed by atoms with van der Waals surface area (Å²) in [6.45, 7) is 1.91. The summed E-state index contributed by atoms with van der Waals surface area (Å²) in [7, 11) is 3.70. The highest BCUT2D eigenvalue weighted by molar-refractivity contribution is 6.30. The van der Waals surface area contributed by atoms with Crippen molar-refractivity contribution in [1.82, 2.24) is 25.1 Å². The third-order valence-electron chi connectivity index (χ3n) is 3.80. The number of rotatable bonds is 5. The number of aromatic nitrogens is 4. The number of Topliss-reactive ketones (excluding diaryl/α,β-unsaturated/α-hetero) is 1. The third kappa shape index (κ3) is 3.65. The molecule has 0 N–H and O–H groups in total. The Morgan fingerprint density at radius 1 is 1.12 bits per heavy atom. The average Bonchev–Trinajstić information content (AvgIpc) is 3.09. The van der Waals surface area contributed by atoms with E-state index in [0.717, 1.165) is 11.3 Å². The van der Waals surface area contributed by atoms with Crippen LogP contribution in [0.25, 0.3) is 11.3 Å². The third-order valence-corrected chi connectivity index (χ3v) is 4.06. The van der Waals surface area contributed by atoms with Crippen molar-refractivity contribution in [3.8, 4) is 5.69 Å². The molecule has 0 aliphatic carbocycles. The Kier molecular flexibility index (Phi) is 5.14. The quantitative estimate of drug-likeness (QED) is 0.510. The molecule has 0 bridgehead atoms. The van der Waals surface area contributed by atoms with Crippen LogP contribution >= 0.6 is 11.6 Å². The minimum absolute atomic E-state index is 0.137. The predicted molar refractivity (Wildman–Crippen MR) is 101 cm³/mol. The summed E-state index contributed by atoms with van der Waals surface area (Å²) in [4.78, 5) is 15.0. The molecular formula is C19H18ClN5O. The minimum Gasteiger partial charge on any atom is -0.383 e. The zero-order valence-electron chi connectivity index (χ0n) is 14.7. The van der Waals surface area contributed by atoms with E-state index in [-0.39, 0.29) is 5.78 Å². The molecule has 0 saturated heterocycles. The number of hydrogen-bond donors (Lipinski definition) is 0. The Hall–Kier alpha value is -2.99. The Bertz CT molecular complexity index is 960. The second-order valence-corrected chi connectivity index (χ2v) is 6.48. The van der Waals surface area contributed by atoms with E-state index in [2.05, 4.69) is 15.5 Å². The summed E-state index contributed by atoms with van der Waals surface area (Å²) >= 11 is 5.96. The van der Waals surface area contributed by atoms with Crippen LogP contribution in [0.1, 0.15) is 21.7 Å². The zero-order chi connectivity index (χ0) is 18.7. The summed E-state index contributed by atoms with van der Waals surface area (Å²) in [6, 6.07) is 14.6. The standard InChI is InChI=1S/C19H18ClN5O/c1-13-6-4-5-7-16(13)18(26)17(12-24(2)3)19-21-22-23-25(19)15-10-8-14(20)9-11-15/h4-12H,1-3H3. The van der Waals surface area contributed by atoms with E-state index in [4.69, 9.17) is 11.6 Å². The van der Waals surface area contributed by atoms with Gasteiger partial charge in [0.15, 0.2) is 11.6 Å². The number of aryl methyl sites for hydroxylation is 1. The number of tetrazole rings is 1. The van der Waals surface area contributed by atoms with Gasteiger partial charge in [-0.05, 0) is 47.2 Å². The normalized spacial score (nSPS) is 11.5. The fourth-order valence-corrected chi connectivity index (χ4v) is 2.69. The largest absolute Gasteiger partial charge is 0.383 e. The zero-order valence-corrected chi connectivity index (χ0v) is 15.5. The van der Waals surface area contributed by atoms with E-state index in [1.807, 2.05) is 39.2 Å². The van der Waals surface area contributed by atoms with E-state index in [0.29, 0.717) is 22.0 Å². The Morgan fingerprint density at radius 2 is 1.81 bits per heavy atom. The summed E-state index contributed by atoms with van der Waals surface area (Å²) in [5, 5.41) is 12.5. The summed E-state index contributed by atoms with van der Waals surface area (Å²) in [5.74, 6) is 0.232. The summed E-state index contributed by atoms with van der Waals surface area (Å²) in [5.41, 5.74) is 2.64. The number of allylic oxidation sites excluding steroid dienone is 1. The van der Waals surface area contributed by atoms with Crippen LogP contribution in [0.5, 0.6) is 0 Å². The minimum atomic E-state index is -0.137. The fourth-order valence-electron chi connectivity index (χ4n) is 2.56. The Labute approximate surface area is 156 Å². The number of ketones is 1. The van der Waals surface area contributed by atoms with E-state index >= 15 is 0 Å². The lowest BCUT2D eigenvalue weighted by molar-refractivity contribution is 0.105. The van der Waals surface area contributed by atoms with Crippen LogP contribution in [0.2, 0.25) is 5.02 Å². The van der Waals surface area contributed by atoms with Crippen molar-refractivity contribution >= 4 is 23.0 Å². The van der Waals surface area contributed by atoms with Crippen molar-refractivity contribution in [3.05, 3.63) is 76.7 Å². The van der Waals surface area contributed by atoms with Gasteiger partial charge in [0.05, 0.1) is 11.3 Å². The maximum Gasteiger partial charge on any atom is 0.198 e. The van der Waals surface area contributed by atoms with E-state index < -0.39 is 0 Å². The van der Waals surface area contributed by atoms with Crippen molar-refractivity contribution in [2.24, 2.45) is 0 Å². The maximum atomic E-state index is 13.2. The molecule has 26 heavy (non-hydrogen) atoms.